The van der Waals surface area contributed by atoms with Crippen LogP contribution in [0, 0.1) is 6.92 Å². The minimum atomic E-state index is -0.404. The summed E-state index contributed by atoms with van der Waals surface area (Å²) in [5, 5.41) is 3.14. The monoisotopic (exact) mass is 295 g/mol. The molecular formula is C14H21N3O4. The lowest BCUT2D eigenvalue weighted by Gasteiger charge is -2.25. The normalized spacial score (nSPS) is 21.3. The van der Waals surface area contributed by atoms with Crippen LogP contribution in [-0.2, 0) is 14.2 Å². The Morgan fingerprint density at radius 3 is 2.95 bits per heavy atom. The van der Waals surface area contributed by atoms with E-state index in [4.69, 9.17) is 14.2 Å². The van der Waals surface area contributed by atoms with E-state index in [1.165, 1.54) is 6.20 Å². The number of ether oxygens (including phenoxy) is 3. The molecule has 0 radical (unpaired) electrons. The van der Waals surface area contributed by atoms with Crippen LogP contribution in [0.2, 0.25) is 0 Å². The molecule has 0 aliphatic carbocycles. The molecule has 0 aromatic carbocycles. The molecule has 1 N–H and O–H groups in total. The van der Waals surface area contributed by atoms with Crippen LogP contribution in [0.5, 0.6) is 0 Å². The van der Waals surface area contributed by atoms with Gasteiger partial charge in [-0.15, -0.1) is 0 Å². The van der Waals surface area contributed by atoms with E-state index in [9.17, 15) is 4.79 Å². The number of aryl methyl sites for hydroxylation is 1. The molecule has 0 spiro atoms. The maximum Gasteiger partial charge on any atom is 0.341 e. The lowest BCUT2D eigenvalue weighted by Crippen LogP contribution is -2.40. The third-order valence-corrected chi connectivity index (χ3v) is 3.54. The number of rotatable bonds is 6. The molecule has 1 atom stereocenters. The van der Waals surface area contributed by atoms with Gasteiger partial charge in [-0.3, -0.25) is 0 Å². The molecule has 1 aliphatic heterocycles. The van der Waals surface area contributed by atoms with Crippen LogP contribution in [0.4, 0.5) is 5.95 Å². The Morgan fingerprint density at radius 2 is 2.38 bits per heavy atom. The van der Waals surface area contributed by atoms with E-state index in [1.54, 1.807) is 21.0 Å². The van der Waals surface area contributed by atoms with E-state index in [-0.39, 0.29) is 5.60 Å². The molecule has 0 amide bonds. The first-order chi connectivity index (χ1) is 10.1. The summed E-state index contributed by atoms with van der Waals surface area (Å²) in [6.45, 7) is 5.64. The van der Waals surface area contributed by atoms with E-state index in [2.05, 4.69) is 15.3 Å². The highest BCUT2D eigenvalue weighted by Gasteiger charge is 2.34. The quantitative estimate of drug-likeness (QED) is 0.789. The van der Waals surface area contributed by atoms with Gasteiger partial charge >= 0.3 is 5.97 Å². The minimum Gasteiger partial charge on any atom is -0.462 e. The van der Waals surface area contributed by atoms with Crippen LogP contribution in [-0.4, -0.2) is 55.0 Å². The van der Waals surface area contributed by atoms with Crippen molar-refractivity contribution in [3.05, 3.63) is 17.5 Å². The lowest BCUT2D eigenvalue weighted by atomic mass is 10.0. The van der Waals surface area contributed by atoms with Gasteiger partial charge in [-0.05, 0) is 13.8 Å². The number of anilines is 1. The fourth-order valence-corrected chi connectivity index (χ4v) is 2.16. The number of carbonyl (C=O) groups is 1. The molecule has 0 saturated carbocycles. The second kappa shape index (κ2) is 6.82. The summed E-state index contributed by atoms with van der Waals surface area (Å²) in [6.07, 6.45) is 2.31. The highest BCUT2D eigenvalue weighted by atomic mass is 16.5. The standard InChI is InChI=1S/C14H21N3O4/c1-4-21-12(18)11-7-15-13(17-10(11)2)16-8-14(19-3)5-6-20-9-14/h7H,4-6,8-9H2,1-3H3,(H,15,16,17). The van der Waals surface area contributed by atoms with Crippen molar-refractivity contribution in [1.29, 1.82) is 0 Å². The second-order valence-corrected chi connectivity index (χ2v) is 4.96. The van der Waals surface area contributed by atoms with Gasteiger partial charge in [0.05, 0.1) is 24.5 Å². The van der Waals surface area contributed by atoms with Crippen LogP contribution in [0.25, 0.3) is 0 Å². The Labute approximate surface area is 124 Å². The molecular weight excluding hydrogens is 274 g/mol. The molecule has 2 rings (SSSR count). The van der Waals surface area contributed by atoms with E-state index in [1.807, 2.05) is 0 Å². The van der Waals surface area contributed by atoms with Crippen molar-refractivity contribution in [2.24, 2.45) is 0 Å². The van der Waals surface area contributed by atoms with Crippen LogP contribution < -0.4 is 5.32 Å². The molecule has 21 heavy (non-hydrogen) atoms. The molecule has 1 unspecified atom stereocenters. The van der Waals surface area contributed by atoms with Gasteiger partial charge in [-0.25, -0.2) is 14.8 Å². The van der Waals surface area contributed by atoms with Crippen LogP contribution in [0.3, 0.4) is 0 Å². The number of carbonyl (C=O) groups excluding carboxylic acids is 1. The number of esters is 1. The van der Waals surface area contributed by atoms with Gasteiger partial charge in [-0.2, -0.15) is 0 Å². The first kappa shape index (κ1) is 15.7. The molecule has 1 aromatic rings. The summed E-state index contributed by atoms with van der Waals surface area (Å²) in [5.74, 6) is 0.0583. The fraction of sp³-hybridized carbons (Fsp3) is 0.643. The Bertz CT molecular complexity index is 501. The Morgan fingerprint density at radius 1 is 1.57 bits per heavy atom. The first-order valence-electron chi connectivity index (χ1n) is 6.98. The average molecular weight is 295 g/mol. The van der Waals surface area contributed by atoms with E-state index in [0.717, 1.165) is 6.42 Å². The van der Waals surface area contributed by atoms with Crippen molar-refractivity contribution in [1.82, 2.24) is 9.97 Å². The highest BCUT2D eigenvalue weighted by molar-refractivity contribution is 5.90. The van der Waals surface area contributed by atoms with E-state index < -0.39 is 5.97 Å². The third-order valence-electron chi connectivity index (χ3n) is 3.54. The lowest BCUT2D eigenvalue weighted by molar-refractivity contribution is -0.00631. The number of hydrogen-bond donors (Lipinski definition) is 1. The van der Waals surface area contributed by atoms with E-state index in [0.29, 0.717) is 43.6 Å². The molecule has 1 saturated heterocycles. The van der Waals surface area contributed by atoms with Crippen LogP contribution in [0.15, 0.2) is 6.20 Å². The van der Waals surface area contributed by atoms with Gasteiger partial charge in [-0.1, -0.05) is 0 Å². The Balaban J connectivity index is 2.01. The summed E-state index contributed by atoms with van der Waals surface area (Å²) in [6, 6.07) is 0. The second-order valence-electron chi connectivity index (χ2n) is 4.96. The minimum absolute atomic E-state index is 0.328. The zero-order valence-corrected chi connectivity index (χ0v) is 12.6. The van der Waals surface area contributed by atoms with Gasteiger partial charge in [0, 0.05) is 32.9 Å². The van der Waals surface area contributed by atoms with E-state index >= 15 is 0 Å². The predicted octanol–water partition coefficient (Wildman–Crippen LogP) is 1.18. The summed E-state index contributed by atoms with van der Waals surface area (Å²) < 4.78 is 15.8. The third kappa shape index (κ3) is 3.68. The molecule has 116 valence electrons. The SMILES string of the molecule is CCOC(=O)c1cnc(NCC2(OC)CCOC2)nc1C. The number of hydrogen-bond acceptors (Lipinski definition) is 7. The molecule has 2 heterocycles. The Hall–Kier alpha value is -1.73. The van der Waals surface area contributed by atoms with Gasteiger partial charge < -0.3 is 19.5 Å². The molecule has 7 heteroatoms. The molecule has 0 bridgehead atoms. The van der Waals surface area contributed by atoms with Crippen molar-refractivity contribution in [3.63, 3.8) is 0 Å². The van der Waals surface area contributed by atoms with Crippen molar-refractivity contribution in [2.75, 3.05) is 38.8 Å². The van der Waals surface area contributed by atoms with Crippen LogP contribution in [0.1, 0.15) is 29.4 Å². The summed E-state index contributed by atoms with van der Waals surface area (Å²) >= 11 is 0. The molecule has 7 nitrogen and oxygen atoms in total. The van der Waals surface area contributed by atoms with Gasteiger partial charge in [0.15, 0.2) is 0 Å². The molecule has 1 aliphatic rings. The highest BCUT2D eigenvalue weighted by Crippen LogP contribution is 2.22. The van der Waals surface area contributed by atoms with Gasteiger partial charge in [0.2, 0.25) is 5.95 Å². The first-order valence-corrected chi connectivity index (χ1v) is 6.98. The topological polar surface area (TPSA) is 82.6 Å². The molecule has 1 aromatic heterocycles. The van der Waals surface area contributed by atoms with Gasteiger partial charge in [0.1, 0.15) is 5.60 Å². The van der Waals surface area contributed by atoms with Crippen molar-refractivity contribution < 1.29 is 19.0 Å². The number of methoxy groups -OCH3 is 1. The Kier molecular flexibility index (Phi) is 5.08. The molecule has 1 fully saturated rings. The van der Waals surface area contributed by atoms with Crippen molar-refractivity contribution in [3.8, 4) is 0 Å². The smallest absolute Gasteiger partial charge is 0.341 e. The number of nitrogens with zero attached hydrogens (tertiary/aromatic N) is 2. The summed E-state index contributed by atoms with van der Waals surface area (Å²) in [4.78, 5) is 20.1. The van der Waals surface area contributed by atoms with Crippen molar-refractivity contribution in [2.45, 2.75) is 25.9 Å². The van der Waals surface area contributed by atoms with Crippen LogP contribution >= 0.6 is 0 Å². The zero-order valence-electron chi connectivity index (χ0n) is 12.6. The maximum atomic E-state index is 11.7. The average Bonchev–Trinajstić information content (AvgIpc) is 2.95. The van der Waals surface area contributed by atoms with Crippen molar-refractivity contribution >= 4 is 11.9 Å². The summed E-state index contributed by atoms with van der Waals surface area (Å²) in [7, 11) is 1.67. The van der Waals surface area contributed by atoms with Gasteiger partial charge in [0.25, 0.3) is 0 Å². The number of aromatic nitrogens is 2. The zero-order chi connectivity index (χ0) is 15.3. The number of nitrogens with one attached hydrogen (secondary N) is 1. The predicted molar refractivity (Wildman–Crippen MR) is 76.4 cm³/mol. The maximum absolute atomic E-state index is 11.7. The largest absolute Gasteiger partial charge is 0.462 e. The summed E-state index contributed by atoms with van der Waals surface area (Å²) in [5.41, 5.74) is 0.630. The fourth-order valence-electron chi connectivity index (χ4n) is 2.16.